The Hall–Kier alpha value is -0.270. The van der Waals surface area contributed by atoms with Gasteiger partial charge in [-0.05, 0) is 12.2 Å². The summed E-state index contributed by atoms with van der Waals surface area (Å²) in [7, 11) is 0. The molecule has 3 heteroatoms. The lowest BCUT2D eigenvalue weighted by atomic mass is 11.3. The van der Waals surface area contributed by atoms with Gasteiger partial charge in [-0.25, -0.2) is 4.39 Å². The van der Waals surface area contributed by atoms with Gasteiger partial charge in [0.1, 0.15) is 0 Å². The maximum absolute atomic E-state index is 10.7. The van der Waals surface area contributed by atoms with E-state index >= 15 is 0 Å². The fourth-order valence-corrected chi connectivity index (χ4v) is 0.0732. The van der Waals surface area contributed by atoms with Crippen LogP contribution in [0.15, 0.2) is 4.99 Å². The van der Waals surface area contributed by atoms with E-state index in [0.717, 1.165) is 0 Å². The molecule has 0 spiro atoms. The minimum absolute atomic E-state index is 0.747. The topological polar surface area (TPSA) is 12.4 Å². The van der Waals surface area contributed by atoms with Crippen LogP contribution in [0.1, 0.15) is 0 Å². The van der Waals surface area contributed by atoms with Crippen LogP contribution in [-0.2, 0) is 0 Å². The standard InChI is InChI=1S/C2H2FNS/c3-1-4-2-5/h1H2. The first-order chi connectivity index (χ1) is 2.41. The molecule has 0 saturated heterocycles. The van der Waals surface area contributed by atoms with Crippen molar-refractivity contribution in [1.29, 1.82) is 0 Å². The molecule has 0 unspecified atom stereocenters. The average molecular weight is 91.1 g/mol. The molecule has 5 heavy (non-hydrogen) atoms. The van der Waals surface area contributed by atoms with Crippen molar-refractivity contribution in [3.63, 3.8) is 0 Å². The van der Waals surface area contributed by atoms with Gasteiger partial charge in [-0.3, -0.25) is 0 Å². The molecule has 0 aromatic carbocycles. The van der Waals surface area contributed by atoms with Gasteiger partial charge in [0, 0.05) is 0 Å². The Balaban J connectivity index is 2.93. The number of hydrogen-bond donors (Lipinski definition) is 0. The number of aliphatic imine (C=N–C) groups is 1. The first-order valence-corrected chi connectivity index (χ1v) is 1.42. The molecule has 0 heterocycles. The Morgan fingerprint density at radius 3 is 2.60 bits per heavy atom. The molecule has 0 fully saturated rings. The van der Waals surface area contributed by atoms with Crippen molar-refractivity contribution >= 4 is 17.4 Å². The van der Waals surface area contributed by atoms with Crippen molar-refractivity contribution in [2.45, 2.75) is 0 Å². The lowest BCUT2D eigenvalue weighted by Crippen LogP contribution is -1.53. The third-order valence-corrected chi connectivity index (χ3v) is 0.253. The SMILES string of the molecule is FCN=C=S. The summed E-state index contributed by atoms with van der Waals surface area (Å²) in [6.45, 7) is -0.747. The highest BCUT2D eigenvalue weighted by Crippen LogP contribution is 1.60. The third kappa shape index (κ3) is 3.73. The number of rotatable bonds is 1. The molecule has 28 valence electrons. The Kier molecular flexibility index (Phi) is 3.53. The Labute approximate surface area is 34.5 Å². The minimum Gasteiger partial charge on any atom is -0.225 e. The smallest absolute Gasteiger partial charge is 0.189 e. The van der Waals surface area contributed by atoms with Gasteiger partial charge in [-0.2, -0.15) is 4.99 Å². The second kappa shape index (κ2) is 3.73. The van der Waals surface area contributed by atoms with Crippen LogP contribution in [0.4, 0.5) is 4.39 Å². The Bertz CT molecular complexity index is 56.7. The summed E-state index contributed by atoms with van der Waals surface area (Å²) in [5.41, 5.74) is 0. The molecule has 0 atom stereocenters. The zero-order valence-electron chi connectivity index (χ0n) is 2.44. The monoisotopic (exact) mass is 91.0 g/mol. The van der Waals surface area contributed by atoms with Gasteiger partial charge in [-0.1, -0.05) is 0 Å². The summed E-state index contributed by atoms with van der Waals surface area (Å²) in [5, 5.41) is 1.85. The molecule has 0 radical (unpaired) electrons. The van der Waals surface area contributed by atoms with E-state index < -0.39 is 6.80 Å². The maximum atomic E-state index is 10.7. The summed E-state index contributed by atoms with van der Waals surface area (Å²) < 4.78 is 10.7. The predicted molar refractivity (Wildman–Crippen MR) is 21.0 cm³/mol. The van der Waals surface area contributed by atoms with Gasteiger partial charge in [0.15, 0.2) is 6.80 Å². The molecule has 0 aromatic heterocycles. The van der Waals surface area contributed by atoms with E-state index in [-0.39, 0.29) is 0 Å². The summed E-state index contributed by atoms with van der Waals surface area (Å²) >= 11 is 3.99. The van der Waals surface area contributed by atoms with E-state index in [2.05, 4.69) is 17.2 Å². The summed E-state index contributed by atoms with van der Waals surface area (Å²) in [5.74, 6) is 0. The summed E-state index contributed by atoms with van der Waals surface area (Å²) in [4.78, 5) is 2.87. The fraction of sp³-hybridized carbons (Fsp3) is 0.500. The van der Waals surface area contributed by atoms with Crippen LogP contribution in [0.5, 0.6) is 0 Å². The fourth-order valence-electron chi connectivity index (χ4n) is 0.0244. The van der Waals surface area contributed by atoms with Crippen molar-refractivity contribution in [3.8, 4) is 0 Å². The second-order valence-electron chi connectivity index (χ2n) is 0.369. The zero-order chi connectivity index (χ0) is 4.12. The number of alkyl halides is 1. The number of hydrogen-bond acceptors (Lipinski definition) is 2. The molecule has 0 aromatic rings. The number of isothiocyanates is 1. The molecular weight excluding hydrogens is 89.1 g/mol. The van der Waals surface area contributed by atoms with Crippen molar-refractivity contribution in [2.75, 3.05) is 6.80 Å². The van der Waals surface area contributed by atoms with E-state index in [4.69, 9.17) is 0 Å². The van der Waals surface area contributed by atoms with Crippen LogP contribution in [0.25, 0.3) is 0 Å². The molecule has 0 bridgehead atoms. The van der Waals surface area contributed by atoms with E-state index in [9.17, 15) is 4.39 Å². The van der Waals surface area contributed by atoms with Gasteiger partial charge < -0.3 is 0 Å². The molecule has 0 rings (SSSR count). The highest BCUT2D eigenvalue weighted by Gasteiger charge is 1.53. The number of nitrogens with zero attached hydrogens (tertiary/aromatic N) is 1. The normalized spacial score (nSPS) is 5.80. The summed E-state index contributed by atoms with van der Waals surface area (Å²) in [6, 6.07) is 0. The average Bonchev–Trinajstić information content (AvgIpc) is 1.41. The van der Waals surface area contributed by atoms with Gasteiger partial charge in [0.2, 0.25) is 0 Å². The van der Waals surface area contributed by atoms with Crippen LogP contribution in [0, 0.1) is 0 Å². The highest BCUT2D eigenvalue weighted by atomic mass is 32.1. The van der Waals surface area contributed by atoms with Crippen LogP contribution in [-0.4, -0.2) is 12.0 Å². The highest BCUT2D eigenvalue weighted by molar-refractivity contribution is 7.78. The molecule has 1 nitrogen and oxygen atoms in total. The molecule has 0 aliphatic carbocycles. The van der Waals surface area contributed by atoms with E-state index in [1.54, 1.807) is 0 Å². The van der Waals surface area contributed by atoms with Gasteiger partial charge in [-0.15, -0.1) is 0 Å². The van der Waals surface area contributed by atoms with Crippen molar-refractivity contribution in [3.05, 3.63) is 0 Å². The van der Waals surface area contributed by atoms with Crippen molar-refractivity contribution < 1.29 is 4.39 Å². The second-order valence-corrected chi connectivity index (χ2v) is 0.551. The quantitative estimate of drug-likeness (QED) is 0.266. The van der Waals surface area contributed by atoms with E-state index in [1.807, 2.05) is 5.16 Å². The minimum atomic E-state index is -0.747. The third-order valence-electron chi connectivity index (χ3n) is 0.124. The molecule has 0 N–H and O–H groups in total. The molecule has 0 aliphatic heterocycles. The lowest BCUT2D eigenvalue weighted by molar-refractivity contribution is 0.514. The predicted octanol–water partition coefficient (Wildman–Crippen LogP) is 1.02. The number of thiocarbonyl (C=S) groups is 1. The molecule has 0 aliphatic rings. The lowest BCUT2D eigenvalue weighted by Gasteiger charge is -1.57. The number of halogens is 1. The Morgan fingerprint density at radius 1 is 2.00 bits per heavy atom. The largest absolute Gasteiger partial charge is 0.225 e. The van der Waals surface area contributed by atoms with Crippen LogP contribution >= 0.6 is 12.2 Å². The van der Waals surface area contributed by atoms with Gasteiger partial charge in [0.05, 0.1) is 5.16 Å². The van der Waals surface area contributed by atoms with Crippen LogP contribution in [0.3, 0.4) is 0 Å². The maximum Gasteiger partial charge on any atom is 0.189 e. The van der Waals surface area contributed by atoms with Gasteiger partial charge >= 0.3 is 0 Å². The first kappa shape index (κ1) is 4.73. The van der Waals surface area contributed by atoms with E-state index in [0.29, 0.717) is 0 Å². The van der Waals surface area contributed by atoms with Crippen molar-refractivity contribution in [1.82, 2.24) is 0 Å². The van der Waals surface area contributed by atoms with Crippen LogP contribution < -0.4 is 0 Å². The Morgan fingerprint density at radius 2 is 2.60 bits per heavy atom. The van der Waals surface area contributed by atoms with Crippen LogP contribution in [0.2, 0.25) is 0 Å². The zero-order valence-corrected chi connectivity index (χ0v) is 3.26. The molecule has 0 saturated carbocycles. The molecular formula is C2H2FNS. The van der Waals surface area contributed by atoms with Crippen molar-refractivity contribution in [2.24, 2.45) is 4.99 Å². The molecule has 0 amide bonds. The summed E-state index contributed by atoms with van der Waals surface area (Å²) in [6.07, 6.45) is 0. The van der Waals surface area contributed by atoms with Gasteiger partial charge in [0.25, 0.3) is 0 Å². The van der Waals surface area contributed by atoms with E-state index in [1.165, 1.54) is 0 Å². The first-order valence-electron chi connectivity index (χ1n) is 1.01.